The molecule has 3 nitrogen and oxygen atoms in total. The second kappa shape index (κ2) is 5.19. The monoisotopic (exact) mass is 302 g/mol. The SMILES string of the molecule is NNC(C1=CCCO1)c1cccc(Br)c1Cl. The highest BCUT2D eigenvalue weighted by Gasteiger charge is 2.22. The molecule has 16 heavy (non-hydrogen) atoms. The molecule has 0 aliphatic carbocycles. The number of nitrogens with one attached hydrogen (secondary N) is 1. The van der Waals surface area contributed by atoms with Gasteiger partial charge in [0.25, 0.3) is 0 Å². The molecule has 0 aromatic heterocycles. The van der Waals surface area contributed by atoms with Crippen LogP contribution in [0.3, 0.4) is 0 Å². The zero-order valence-corrected chi connectivity index (χ0v) is 10.9. The zero-order chi connectivity index (χ0) is 11.5. The van der Waals surface area contributed by atoms with E-state index in [0.29, 0.717) is 11.6 Å². The average Bonchev–Trinajstić information content (AvgIpc) is 2.79. The minimum absolute atomic E-state index is 0.188. The molecule has 1 unspecified atom stereocenters. The van der Waals surface area contributed by atoms with E-state index in [0.717, 1.165) is 22.2 Å². The molecule has 2 rings (SSSR count). The molecule has 0 spiro atoms. The van der Waals surface area contributed by atoms with Crippen LogP contribution >= 0.6 is 27.5 Å². The maximum atomic E-state index is 6.22. The van der Waals surface area contributed by atoms with Gasteiger partial charge >= 0.3 is 0 Å². The first-order valence-electron chi connectivity index (χ1n) is 4.97. The Morgan fingerprint density at radius 3 is 2.94 bits per heavy atom. The molecule has 1 aromatic carbocycles. The summed E-state index contributed by atoms with van der Waals surface area (Å²) in [6.45, 7) is 0.707. The van der Waals surface area contributed by atoms with Crippen molar-refractivity contribution < 1.29 is 4.74 Å². The van der Waals surface area contributed by atoms with E-state index >= 15 is 0 Å². The highest BCUT2D eigenvalue weighted by molar-refractivity contribution is 9.10. The maximum absolute atomic E-state index is 6.22. The second-order valence-electron chi connectivity index (χ2n) is 3.49. The molecule has 1 aliphatic rings. The van der Waals surface area contributed by atoms with Gasteiger partial charge in [-0.15, -0.1) is 0 Å². The number of hydrazine groups is 1. The first-order chi connectivity index (χ1) is 7.74. The van der Waals surface area contributed by atoms with Gasteiger partial charge in [0.15, 0.2) is 0 Å². The van der Waals surface area contributed by atoms with E-state index in [4.69, 9.17) is 22.2 Å². The average molecular weight is 304 g/mol. The van der Waals surface area contributed by atoms with E-state index in [1.54, 1.807) is 0 Å². The fourth-order valence-corrected chi connectivity index (χ4v) is 2.32. The lowest BCUT2D eigenvalue weighted by Crippen LogP contribution is -2.29. The quantitative estimate of drug-likeness (QED) is 0.667. The molecule has 5 heteroatoms. The highest BCUT2D eigenvalue weighted by atomic mass is 79.9. The van der Waals surface area contributed by atoms with Crippen molar-refractivity contribution in [3.63, 3.8) is 0 Å². The first-order valence-corrected chi connectivity index (χ1v) is 6.14. The van der Waals surface area contributed by atoms with Gasteiger partial charge in [0, 0.05) is 10.9 Å². The second-order valence-corrected chi connectivity index (χ2v) is 4.72. The Kier molecular flexibility index (Phi) is 3.86. The Bertz CT molecular complexity index is 422. The van der Waals surface area contributed by atoms with Crippen molar-refractivity contribution in [1.82, 2.24) is 5.43 Å². The van der Waals surface area contributed by atoms with E-state index in [1.165, 1.54) is 0 Å². The summed E-state index contributed by atoms with van der Waals surface area (Å²) < 4.78 is 6.35. The van der Waals surface area contributed by atoms with Crippen molar-refractivity contribution in [2.24, 2.45) is 5.84 Å². The molecule has 0 amide bonds. The summed E-state index contributed by atoms with van der Waals surface area (Å²) >= 11 is 9.61. The number of hydrogen-bond donors (Lipinski definition) is 2. The van der Waals surface area contributed by atoms with Crippen molar-refractivity contribution in [1.29, 1.82) is 0 Å². The normalized spacial score (nSPS) is 16.8. The first kappa shape index (κ1) is 11.9. The van der Waals surface area contributed by atoms with Crippen molar-refractivity contribution in [2.75, 3.05) is 6.61 Å². The largest absolute Gasteiger partial charge is 0.496 e. The number of benzene rings is 1. The summed E-state index contributed by atoms with van der Waals surface area (Å²) in [6, 6.07) is 5.56. The number of nitrogens with two attached hydrogens (primary N) is 1. The summed E-state index contributed by atoms with van der Waals surface area (Å²) in [4.78, 5) is 0. The molecule has 0 fully saturated rings. The summed E-state index contributed by atoms with van der Waals surface area (Å²) in [5, 5.41) is 0.654. The Hall–Kier alpha value is -0.550. The van der Waals surface area contributed by atoms with Gasteiger partial charge < -0.3 is 4.74 Å². The van der Waals surface area contributed by atoms with E-state index in [1.807, 2.05) is 24.3 Å². The van der Waals surface area contributed by atoms with Crippen molar-refractivity contribution in [3.05, 3.63) is 45.1 Å². The molecule has 0 bridgehead atoms. The maximum Gasteiger partial charge on any atom is 0.115 e. The number of ether oxygens (including phenoxy) is 1. The van der Waals surface area contributed by atoms with E-state index in [2.05, 4.69) is 21.4 Å². The summed E-state index contributed by atoms with van der Waals surface area (Å²) in [5.74, 6) is 6.39. The van der Waals surface area contributed by atoms with Crippen LogP contribution in [0.25, 0.3) is 0 Å². The third-order valence-corrected chi connectivity index (χ3v) is 3.79. The molecular weight excluding hydrogens is 291 g/mol. The molecule has 3 N–H and O–H groups in total. The van der Waals surface area contributed by atoms with Crippen LogP contribution in [-0.2, 0) is 4.74 Å². The molecule has 1 aromatic rings. The summed E-state index contributed by atoms with van der Waals surface area (Å²) in [7, 11) is 0. The minimum atomic E-state index is -0.188. The zero-order valence-electron chi connectivity index (χ0n) is 8.54. The third kappa shape index (κ3) is 2.25. The Morgan fingerprint density at radius 2 is 2.31 bits per heavy atom. The van der Waals surface area contributed by atoms with Crippen LogP contribution < -0.4 is 11.3 Å². The van der Waals surface area contributed by atoms with Crippen molar-refractivity contribution in [2.45, 2.75) is 12.5 Å². The molecule has 0 radical (unpaired) electrons. The Labute approximate surface area is 108 Å². The topological polar surface area (TPSA) is 47.3 Å². The van der Waals surface area contributed by atoms with Crippen LogP contribution in [0.4, 0.5) is 0 Å². The van der Waals surface area contributed by atoms with E-state index < -0.39 is 0 Å². The van der Waals surface area contributed by atoms with E-state index in [-0.39, 0.29) is 6.04 Å². The summed E-state index contributed by atoms with van der Waals surface area (Å²) in [5.41, 5.74) is 3.64. The standard InChI is InChI=1S/C11H12BrClN2O/c12-8-4-1-3-7(10(8)13)11(15-14)9-5-2-6-16-9/h1,3-5,11,15H,2,6,14H2. The predicted molar refractivity (Wildman–Crippen MR) is 67.9 cm³/mol. The van der Waals surface area contributed by atoms with Crippen molar-refractivity contribution in [3.8, 4) is 0 Å². The van der Waals surface area contributed by atoms with Gasteiger partial charge in [0.1, 0.15) is 11.8 Å². The highest BCUT2D eigenvalue weighted by Crippen LogP contribution is 2.34. The molecular formula is C11H12BrClN2O. The summed E-state index contributed by atoms with van der Waals surface area (Å²) in [6.07, 6.45) is 2.95. The van der Waals surface area contributed by atoms with Gasteiger partial charge in [-0.25, -0.2) is 5.43 Å². The third-order valence-electron chi connectivity index (χ3n) is 2.48. The lowest BCUT2D eigenvalue weighted by Gasteiger charge is -2.19. The molecule has 1 heterocycles. The van der Waals surface area contributed by atoms with Gasteiger partial charge in [-0.05, 0) is 33.6 Å². The number of rotatable bonds is 3. The molecule has 0 saturated heterocycles. The van der Waals surface area contributed by atoms with Crippen molar-refractivity contribution >= 4 is 27.5 Å². The predicted octanol–water partition coefficient (Wildman–Crippen LogP) is 2.91. The van der Waals surface area contributed by atoms with Crippen LogP contribution in [0.2, 0.25) is 5.02 Å². The minimum Gasteiger partial charge on any atom is -0.496 e. The molecule has 86 valence electrons. The van der Waals surface area contributed by atoms with Gasteiger partial charge in [-0.1, -0.05) is 23.7 Å². The van der Waals surface area contributed by atoms with E-state index in [9.17, 15) is 0 Å². The fraction of sp³-hybridized carbons (Fsp3) is 0.273. The molecule has 0 saturated carbocycles. The van der Waals surface area contributed by atoms with Gasteiger partial charge in [0.2, 0.25) is 0 Å². The fourth-order valence-electron chi connectivity index (χ4n) is 1.71. The van der Waals surface area contributed by atoms with Crippen LogP contribution in [0.5, 0.6) is 0 Å². The smallest absolute Gasteiger partial charge is 0.115 e. The number of halogens is 2. The van der Waals surface area contributed by atoms with Gasteiger partial charge in [-0.2, -0.15) is 0 Å². The van der Waals surface area contributed by atoms with Gasteiger partial charge in [-0.3, -0.25) is 5.84 Å². The van der Waals surface area contributed by atoms with Crippen LogP contribution in [0, 0.1) is 0 Å². The van der Waals surface area contributed by atoms with Gasteiger partial charge in [0.05, 0.1) is 11.6 Å². The lowest BCUT2D eigenvalue weighted by atomic mass is 10.1. The lowest BCUT2D eigenvalue weighted by molar-refractivity contribution is 0.215. The van der Waals surface area contributed by atoms with Crippen LogP contribution in [-0.4, -0.2) is 6.61 Å². The Morgan fingerprint density at radius 1 is 1.50 bits per heavy atom. The van der Waals surface area contributed by atoms with Crippen LogP contribution in [0.1, 0.15) is 18.0 Å². The molecule has 1 aliphatic heterocycles. The van der Waals surface area contributed by atoms with Crippen LogP contribution in [0.15, 0.2) is 34.5 Å². The number of hydrogen-bond acceptors (Lipinski definition) is 3. The molecule has 1 atom stereocenters. The Balaban J connectivity index is 2.36.